The van der Waals surface area contributed by atoms with E-state index in [1.807, 2.05) is 12.3 Å². The smallest absolute Gasteiger partial charge is 0.0794 e. The van der Waals surface area contributed by atoms with Crippen LogP contribution in [-0.4, -0.2) is 9.97 Å². The van der Waals surface area contributed by atoms with Gasteiger partial charge in [0.1, 0.15) is 0 Å². The fraction of sp³-hybridized carbons (Fsp3) is 0. The molecule has 0 N–H and O–H groups in total. The molecule has 0 unspecified atom stereocenters. The number of fused-ring (bicyclic) bond motifs is 8. The molecule has 0 atom stereocenters. The van der Waals surface area contributed by atoms with E-state index < -0.39 is 6.04 Å². The third kappa shape index (κ3) is 3.82. The van der Waals surface area contributed by atoms with E-state index in [4.69, 9.17) is 21.8 Å². The number of hydrogen-bond acceptors (Lipinski definition) is 3. The minimum atomic E-state index is -2.24. The molecule has 0 saturated carbocycles. The molecule has 0 aliphatic heterocycles. The van der Waals surface area contributed by atoms with Gasteiger partial charge in [-0.05, 0) is 33.4 Å². The lowest BCUT2D eigenvalue weighted by atomic mass is 9.92. The minimum absolute atomic E-state index is 0.975. The van der Waals surface area contributed by atoms with Gasteiger partial charge in [0.25, 0.3) is 0 Å². The SMILES string of the molecule is S=P(c1ccccc1)(c1ccccc1)c1ccc(-c2nc3ccccc3c3c4cccnc4c4ccccc4c23)cc1. The third-order valence-corrected chi connectivity index (χ3v) is 13.1. The van der Waals surface area contributed by atoms with Gasteiger partial charge in [-0.2, -0.15) is 0 Å². The molecule has 0 aliphatic rings. The summed E-state index contributed by atoms with van der Waals surface area (Å²) in [4.78, 5) is 10.1. The lowest BCUT2D eigenvalue weighted by Gasteiger charge is -2.24. The molecule has 42 heavy (non-hydrogen) atoms. The zero-order valence-corrected chi connectivity index (χ0v) is 24.4. The van der Waals surface area contributed by atoms with Crippen molar-refractivity contribution in [1.82, 2.24) is 9.97 Å². The molecule has 0 aliphatic carbocycles. The van der Waals surface area contributed by atoms with Crippen molar-refractivity contribution in [2.75, 3.05) is 0 Å². The topological polar surface area (TPSA) is 25.8 Å². The van der Waals surface area contributed by atoms with E-state index in [-0.39, 0.29) is 0 Å². The molecule has 0 saturated heterocycles. The normalized spacial score (nSPS) is 11.9. The molecule has 8 aromatic rings. The number of hydrogen-bond donors (Lipinski definition) is 0. The summed E-state index contributed by atoms with van der Waals surface area (Å²) in [5.41, 5.74) is 4.04. The highest BCUT2D eigenvalue weighted by molar-refractivity contribution is 8.25. The van der Waals surface area contributed by atoms with Crippen molar-refractivity contribution in [3.8, 4) is 11.3 Å². The van der Waals surface area contributed by atoms with Crippen molar-refractivity contribution in [2.45, 2.75) is 0 Å². The third-order valence-electron chi connectivity index (χ3n) is 8.16. The second kappa shape index (κ2) is 9.99. The van der Waals surface area contributed by atoms with Crippen molar-refractivity contribution in [3.05, 3.63) is 152 Å². The van der Waals surface area contributed by atoms with E-state index >= 15 is 0 Å². The van der Waals surface area contributed by atoms with E-state index in [0.717, 1.165) is 49.2 Å². The van der Waals surface area contributed by atoms with Crippen LogP contribution in [0.5, 0.6) is 0 Å². The number of benzene rings is 6. The highest BCUT2D eigenvalue weighted by Crippen LogP contribution is 2.45. The maximum absolute atomic E-state index is 6.61. The van der Waals surface area contributed by atoms with Crippen LogP contribution >= 0.6 is 6.04 Å². The van der Waals surface area contributed by atoms with Gasteiger partial charge in [0.2, 0.25) is 0 Å². The van der Waals surface area contributed by atoms with Gasteiger partial charge in [0.15, 0.2) is 0 Å². The number of pyridine rings is 2. The van der Waals surface area contributed by atoms with Gasteiger partial charge in [0.05, 0.1) is 16.7 Å². The number of nitrogens with zero attached hydrogens (tertiary/aromatic N) is 2. The Balaban J connectivity index is 1.42. The molecule has 6 aromatic carbocycles. The molecule has 2 nitrogen and oxygen atoms in total. The Bertz CT molecular complexity index is 2270. The summed E-state index contributed by atoms with van der Waals surface area (Å²) in [6.07, 6.45) is 1.88. The van der Waals surface area contributed by atoms with Crippen LogP contribution < -0.4 is 15.9 Å². The molecule has 8 rings (SSSR count). The van der Waals surface area contributed by atoms with Gasteiger partial charge in [0, 0.05) is 44.7 Å². The zero-order valence-electron chi connectivity index (χ0n) is 22.7. The number of para-hydroxylation sites is 1. The summed E-state index contributed by atoms with van der Waals surface area (Å²) in [7, 11) is 0. The van der Waals surface area contributed by atoms with E-state index in [2.05, 4.69) is 140 Å². The first-order valence-electron chi connectivity index (χ1n) is 14.0. The van der Waals surface area contributed by atoms with Gasteiger partial charge in [-0.25, -0.2) is 4.98 Å². The molecule has 0 fully saturated rings. The van der Waals surface area contributed by atoms with Crippen molar-refractivity contribution >= 4 is 77.1 Å². The second-order valence-corrected chi connectivity index (χ2v) is 14.9. The fourth-order valence-electron chi connectivity index (χ4n) is 6.24. The summed E-state index contributed by atoms with van der Waals surface area (Å²) in [6, 6.07) is 49.0. The van der Waals surface area contributed by atoms with Crippen molar-refractivity contribution in [3.63, 3.8) is 0 Å². The zero-order chi connectivity index (χ0) is 28.1. The highest BCUT2D eigenvalue weighted by Gasteiger charge is 2.25. The van der Waals surface area contributed by atoms with E-state index in [9.17, 15) is 0 Å². The van der Waals surface area contributed by atoms with Crippen LogP contribution in [0.2, 0.25) is 0 Å². The average molecular weight is 573 g/mol. The Kier molecular flexibility index (Phi) is 5.96. The molecule has 2 heterocycles. The monoisotopic (exact) mass is 572 g/mol. The van der Waals surface area contributed by atoms with Gasteiger partial charge in [-0.15, -0.1) is 0 Å². The van der Waals surface area contributed by atoms with Crippen LogP contribution in [0.1, 0.15) is 0 Å². The summed E-state index contributed by atoms with van der Waals surface area (Å²) >= 11 is 6.61. The lowest BCUT2D eigenvalue weighted by molar-refractivity contribution is 1.42. The standard InChI is InChI=1S/C38H25N2PS/c42-41(27-12-3-1-4-13-27,28-14-5-2-6-15-28)29-23-21-26(22-24-29)37-36-30-16-7-8-17-31(30)38-33(19-11-25-39-38)35(36)32-18-9-10-20-34(32)40-37/h1-25H. The van der Waals surface area contributed by atoms with Crippen molar-refractivity contribution in [2.24, 2.45) is 0 Å². The molecule has 0 spiro atoms. The lowest BCUT2D eigenvalue weighted by Crippen LogP contribution is -2.24. The predicted molar refractivity (Wildman–Crippen MR) is 184 cm³/mol. The van der Waals surface area contributed by atoms with Gasteiger partial charge >= 0.3 is 0 Å². The Labute approximate surface area is 249 Å². The van der Waals surface area contributed by atoms with Gasteiger partial charge < -0.3 is 0 Å². The fourth-order valence-corrected chi connectivity index (χ4v) is 9.99. The quantitative estimate of drug-likeness (QED) is 0.156. The molecule has 0 amide bonds. The van der Waals surface area contributed by atoms with Crippen LogP contribution in [0.4, 0.5) is 0 Å². The maximum atomic E-state index is 6.61. The predicted octanol–water partition coefficient (Wildman–Crippen LogP) is 8.51. The first-order chi connectivity index (χ1) is 20.7. The molecular formula is C38H25N2PS. The minimum Gasteiger partial charge on any atom is -0.256 e. The van der Waals surface area contributed by atoms with Gasteiger partial charge in [-0.1, -0.05) is 145 Å². The van der Waals surface area contributed by atoms with Crippen LogP contribution in [0.25, 0.3) is 54.6 Å². The van der Waals surface area contributed by atoms with Crippen LogP contribution in [0, 0.1) is 0 Å². The highest BCUT2D eigenvalue weighted by atomic mass is 32.4. The molecule has 2 aromatic heterocycles. The maximum Gasteiger partial charge on any atom is 0.0794 e. The average Bonchev–Trinajstić information content (AvgIpc) is 3.08. The van der Waals surface area contributed by atoms with Crippen molar-refractivity contribution in [1.29, 1.82) is 0 Å². The largest absolute Gasteiger partial charge is 0.256 e. The number of aromatic nitrogens is 2. The molecule has 0 bridgehead atoms. The first kappa shape index (κ1) is 25.1. The van der Waals surface area contributed by atoms with Crippen LogP contribution in [0.15, 0.2) is 152 Å². The van der Waals surface area contributed by atoms with E-state index in [1.54, 1.807) is 0 Å². The molecule has 198 valence electrons. The van der Waals surface area contributed by atoms with Crippen molar-refractivity contribution < 1.29 is 0 Å². The van der Waals surface area contributed by atoms with Crippen LogP contribution in [-0.2, 0) is 11.8 Å². The molecule has 0 radical (unpaired) electrons. The summed E-state index contributed by atoms with van der Waals surface area (Å²) < 4.78 is 0. The Morgan fingerprint density at radius 1 is 0.452 bits per heavy atom. The Morgan fingerprint density at radius 3 is 1.69 bits per heavy atom. The summed E-state index contributed by atoms with van der Waals surface area (Å²) in [5.74, 6) is 0. The first-order valence-corrected chi connectivity index (χ1v) is 16.8. The molecule has 4 heteroatoms. The molecular weight excluding hydrogens is 547 g/mol. The Hall–Kier alpha value is -4.69. The van der Waals surface area contributed by atoms with E-state index in [1.165, 1.54) is 21.3 Å². The summed E-state index contributed by atoms with van der Waals surface area (Å²) in [5, 5.41) is 10.5. The van der Waals surface area contributed by atoms with Crippen LogP contribution in [0.3, 0.4) is 0 Å². The van der Waals surface area contributed by atoms with Gasteiger partial charge in [-0.3, -0.25) is 4.98 Å². The Morgan fingerprint density at radius 2 is 1.00 bits per heavy atom. The number of rotatable bonds is 4. The summed E-state index contributed by atoms with van der Waals surface area (Å²) in [6.45, 7) is 0. The second-order valence-electron chi connectivity index (χ2n) is 10.5. The van der Waals surface area contributed by atoms with E-state index in [0.29, 0.717) is 0 Å².